The molecule has 3 nitrogen and oxygen atoms in total. The van der Waals surface area contributed by atoms with E-state index in [0.29, 0.717) is 6.54 Å². The highest BCUT2D eigenvalue weighted by Gasteiger charge is 2.22. The summed E-state index contributed by atoms with van der Waals surface area (Å²) in [6.45, 7) is 4.82. The second-order valence-electron chi connectivity index (χ2n) is 4.56. The topological polar surface area (TPSA) is 55.1 Å². The van der Waals surface area contributed by atoms with Crippen LogP contribution in [0.3, 0.4) is 0 Å². The minimum atomic E-state index is -0.0489. The van der Waals surface area contributed by atoms with E-state index in [-0.39, 0.29) is 17.9 Å². The third kappa shape index (κ3) is 2.96. The quantitative estimate of drug-likeness (QED) is 0.805. The molecule has 0 spiro atoms. The fraction of sp³-hybridized carbons (Fsp3) is 0.462. The van der Waals surface area contributed by atoms with Crippen molar-refractivity contribution in [1.82, 2.24) is 5.32 Å². The molecule has 4 heteroatoms. The number of rotatable bonds is 3. The van der Waals surface area contributed by atoms with Crippen molar-refractivity contribution < 1.29 is 4.79 Å². The van der Waals surface area contributed by atoms with Gasteiger partial charge < -0.3 is 11.1 Å². The van der Waals surface area contributed by atoms with Crippen molar-refractivity contribution in [3.8, 4) is 0 Å². The summed E-state index contributed by atoms with van der Waals surface area (Å²) in [7, 11) is 0. The zero-order valence-electron chi connectivity index (χ0n) is 10.2. The van der Waals surface area contributed by atoms with Gasteiger partial charge in [-0.3, -0.25) is 4.79 Å². The van der Waals surface area contributed by atoms with Gasteiger partial charge in [-0.1, -0.05) is 12.2 Å². The molecule has 1 aromatic rings. The highest BCUT2D eigenvalue weighted by Crippen LogP contribution is 2.21. The summed E-state index contributed by atoms with van der Waals surface area (Å²) < 4.78 is 0. The monoisotopic (exact) mass is 250 g/mol. The molecule has 0 aromatic carbocycles. The van der Waals surface area contributed by atoms with Crippen molar-refractivity contribution in [2.24, 2.45) is 11.7 Å². The highest BCUT2D eigenvalue weighted by molar-refractivity contribution is 7.12. The van der Waals surface area contributed by atoms with Gasteiger partial charge >= 0.3 is 0 Å². The summed E-state index contributed by atoms with van der Waals surface area (Å²) in [5.74, 6) is 0.0325. The Hall–Kier alpha value is -1.13. The number of aryl methyl sites for hydroxylation is 2. The average molecular weight is 250 g/mol. The van der Waals surface area contributed by atoms with Crippen molar-refractivity contribution in [1.29, 1.82) is 0 Å². The summed E-state index contributed by atoms with van der Waals surface area (Å²) in [4.78, 5) is 14.4. The molecule has 1 heterocycles. The molecule has 1 amide bonds. The predicted octanol–water partition coefficient (Wildman–Crippen LogP) is 1.88. The Morgan fingerprint density at radius 2 is 2.29 bits per heavy atom. The first kappa shape index (κ1) is 12.3. The van der Waals surface area contributed by atoms with Crippen LogP contribution in [0.15, 0.2) is 18.2 Å². The molecule has 2 rings (SSSR count). The van der Waals surface area contributed by atoms with E-state index in [9.17, 15) is 4.79 Å². The maximum Gasteiger partial charge on any atom is 0.227 e. The number of carbonyl (C=O) groups excluding carboxylic acids is 1. The van der Waals surface area contributed by atoms with E-state index in [2.05, 4.69) is 25.2 Å². The lowest BCUT2D eigenvalue weighted by atomic mass is 10.1. The summed E-state index contributed by atoms with van der Waals surface area (Å²) in [6, 6.07) is 2.17. The molecule has 0 saturated heterocycles. The number of carbonyl (C=O) groups is 1. The lowest BCUT2D eigenvalue weighted by molar-refractivity contribution is -0.123. The molecule has 2 atom stereocenters. The van der Waals surface area contributed by atoms with E-state index in [1.54, 1.807) is 11.3 Å². The van der Waals surface area contributed by atoms with Crippen LogP contribution < -0.4 is 11.1 Å². The lowest BCUT2D eigenvalue weighted by Crippen LogP contribution is -2.30. The summed E-state index contributed by atoms with van der Waals surface area (Å²) in [5, 5.41) is 2.97. The van der Waals surface area contributed by atoms with Gasteiger partial charge in [-0.2, -0.15) is 0 Å². The van der Waals surface area contributed by atoms with Crippen molar-refractivity contribution in [3.63, 3.8) is 0 Å². The Morgan fingerprint density at radius 1 is 1.53 bits per heavy atom. The Balaban J connectivity index is 1.86. The standard InChI is InChI=1S/C13H18N2OS/c1-8-5-12(17-9(8)2)7-15-13(16)10-3-4-11(14)6-10/h3-5,10-11H,6-7,14H2,1-2H3,(H,15,16). The van der Waals surface area contributed by atoms with Crippen LogP contribution >= 0.6 is 11.3 Å². The molecular formula is C13H18N2OS. The lowest BCUT2D eigenvalue weighted by Gasteiger charge is -2.09. The average Bonchev–Trinajstić information content (AvgIpc) is 2.83. The Morgan fingerprint density at radius 3 is 2.82 bits per heavy atom. The van der Waals surface area contributed by atoms with Gasteiger partial charge in [0.1, 0.15) is 0 Å². The molecule has 17 heavy (non-hydrogen) atoms. The highest BCUT2D eigenvalue weighted by atomic mass is 32.1. The van der Waals surface area contributed by atoms with Crippen molar-refractivity contribution in [2.75, 3.05) is 0 Å². The SMILES string of the molecule is Cc1cc(CNC(=O)C2C=CC(N)C2)sc1C. The molecule has 1 aliphatic carbocycles. The number of nitrogens with two attached hydrogens (primary N) is 1. The fourth-order valence-electron chi connectivity index (χ4n) is 1.96. The second-order valence-corrected chi connectivity index (χ2v) is 5.90. The van der Waals surface area contributed by atoms with Gasteiger partial charge in [-0.25, -0.2) is 0 Å². The van der Waals surface area contributed by atoms with E-state index in [1.165, 1.54) is 15.3 Å². The summed E-state index contributed by atoms with van der Waals surface area (Å²) >= 11 is 1.74. The minimum Gasteiger partial charge on any atom is -0.351 e. The number of thiophene rings is 1. The van der Waals surface area contributed by atoms with Crippen LogP contribution in [0.2, 0.25) is 0 Å². The van der Waals surface area contributed by atoms with Crippen molar-refractivity contribution in [3.05, 3.63) is 33.5 Å². The van der Waals surface area contributed by atoms with Crippen LogP contribution in [0, 0.1) is 19.8 Å². The van der Waals surface area contributed by atoms with E-state index in [4.69, 9.17) is 5.73 Å². The minimum absolute atomic E-state index is 0.0389. The van der Waals surface area contributed by atoms with Gasteiger partial charge in [0, 0.05) is 15.8 Å². The van der Waals surface area contributed by atoms with Crippen LogP contribution in [-0.4, -0.2) is 11.9 Å². The van der Waals surface area contributed by atoms with Crippen LogP contribution in [0.1, 0.15) is 21.7 Å². The van der Waals surface area contributed by atoms with Crippen LogP contribution in [0.5, 0.6) is 0 Å². The summed E-state index contributed by atoms with van der Waals surface area (Å²) in [6.07, 6.45) is 4.54. The van der Waals surface area contributed by atoms with Crippen molar-refractivity contribution in [2.45, 2.75) is 32.9 Å². The Bertz CT molecular complexity index is 431. The van der Waals surface area contributed by atoms with Gasteiger partial charge in [-0.05, 0) is 31.9 Å². The predicted molar refractivity (Wildman–Crippen MR) is 70.9 cm³/mol. The molecule has 92 valence electrons. The normalized spacial score (nSPS) is 23.0. The number of nitrogens with one attached hydrogen (secondary N) is 1. The maximum atomic E-state index is 11.8. The molecule has 1 aliphatic rings. The second kappa shape index (κ2) is 5.02. The van der Waals surface area contributed by atoms with E-state index < -0.39 is 0 Å². The third-order valence-corrected chi connectivity index (χ3v) is 4.26. The smallest absolute Gasteiger partial charge is 0.227 e. The zero-order chi connectivity index (χ0) is 12.4. The first-order valence-electron chi connectivity index (χ1n) is 5.84. The molecule has 0 fully saturated rings. The zero-order valence-corrected chi connectivity index (χ0v) is 11.0. The molecule has 0 bridgehead atoms. The molecule has 2 unspecified atom stereocenters. The first-order valence-corrected chi connectivity index (χ1v) is 6.65. The fourth-order valence-corrected chi connectivity index (χ4v) is 2.96. The molecule has 3 N–H and O–H groups in total. The van der Waals surface area contributed by atoms with E-state index in [1.807, 2.05) is 12.2 Å². The van der Waals surface area contributed by atoms with Crippen LogP contribution in [0.4, 0.5) is 0 Å². The van der Waals surface area contributed by atoms with Gasteiger partial charge in [0.15, 0.2) is 0 Å². The summed E-state index contributed by atoms with van der Waals surface area (Å²) in [5.41, 5.74) is 7.02. The first-order chi connectivity index (χ1) is 8.06. The molecule has 0 radical (unpaired) electrons. The third-order valence-electron chi connectivity index (χ3n) is 3.11. The van der Waals surface area contributed by atoms with Gasteiger partial charge in [0.25, 0.3) is 0 Å². The Labute approximate surface area is 106 Å². The van der Waals surface area contributed by atoms with E-state index in [0.717, 1.165) is 6.42 Å². The van der Waals surface area contributed by atoms with Gasteiger partial charge in [0.2, 0.25) is 5.91 Å². The maximum absolute atomic E-state index is 11.8. The largest absolute Gasteiger partial charge is 0.351 e. The molecule has 0 saturated carbocycles. The number of hydrogen-bond donors (Lipinski definition) is 2. The molecule has 0 aliphatic heterocycles. The number of amides is 1. The van der Waals surface area contributed by atoms with Gasteiger partial charge in [0.05, 0.1) is 12.5 Å². The van der Waals surface area contributed by atoms with Crippen LogP contribution in [0.25, 0.3) is 0 Å². The van der Waals surface area contributed by atoms with Gasteiger partial charge in [-0.15, -0.1) is 11.3 Å². The molecular weight excluding hydrogens is 232 g/mol. The van der Waals surface area contributed by atoms with Crippen LogP contribution in [-0.2, 0) is 11.3 Å². The number of hydrogen-bond acceptors (Lipinski definition) is 3. The van der Waals surface area contributed by atoms with E-state index >= 15 is 0 Å². The van der Waals surface area contributed by atoms with Crippen molar-refractivity contribution >= 4 is 17.2 Å². The Kier molecular flexibility index (Phi) is 3.64. The molecule has 1 aromatic heterocycles.